The number of allylic oxidation sites excluding steroid dienone is 4. The van der Waals surface area contributed by atoms with Gasteiger partial charge in [-0.2, -0.15) is 0 Å². The summed E-state index contributed by atoms with van der Waals surface area (Å²) in [6.07, 6.45) is 3.94. The first-order valence-corrected chi connectivity index (χ1v) is 5.42. The zero-order valence-electron chi connectivity index (χ0n) is 9.47. The molecule has 0 saturated heterocycles. The second-order valence-corrected chi connectivity index (χ2v) is 3.62. The van der Waals surface area contributed by atoms with Gasteiger partial charge in [0, 0.05) is 5.57 Å². The molecule has 1 aromatic carbocycles. The normalized spacial score (nSPS) is 14.8. The molecule has 0 spiro atoms. The SMILES string of the molecule is CCOc1ccc(C2=CC(=O)C=CC2=O)cc1. The average Bonchev–Trinajstić information content (AvgIpc) is 2.34. The fraction of sp³-hybridized carbons (Fsp3) is 0.143. The van der Waals surface area contributed by atoms with E-state index < -0.39 is 0 Å². The van der Waals surface area contributed by atoms with Gasteiger partial charge in [0.25, 0.3) is 0 Å². The lowest BCUT2D eigenvalue weighted by atomic mass is 9.96. The van der Waals surface area contributed by atoms with E-state index in [1.54, 1.807) is 24.3 Å². The van der Waals surface area contributed by atoms with E-state index in [0.29, 0.717) is 12.2 Å². The Balaban J connectivity index is 2.28. The van der Waals surface area contributed by atoms with Crippen molar-refractivity contribution in [1.82, 2.24) is 0 Å². The number of benzene rings is 1. The van der Waals surface area contributed by atoms with Crippen LogP contribution in [0, 0.1) is 0 Å². The molecular weight excluding hydrogens is 216 g/mol. The lowest BCUT2D eigenvalue weighted by molar-refractivity contribution is -0.113. The van der Waals surface area contributed by atoms with Crippen LogP contribution in [0.1, 0.15) is 12.5 Å². The monoisotopic (exact) mass is 228 g/mol. The van der Waals surface area contributed by atoms with E-state index in [2.05, 4.69) is 0 Å². The van der Waals surface area contributed by atoms with Crippen molar-refractivity contribution < 1.29 is 14.3 Å². The van der Waals surface area contributed by atoms with Crippen LogP contribution in [0.4, 0.5) is 0 Å². The van der Waals surface area contributed by atoms with Gasteiger partial charge < -0.3 is 4.74 Å². The van der Waals surface area contributed by atoms with E-state index in [4.69, 9.17) is 4.74 Å². The van der Waals surface area contributed by atoms with Gasteiger partial charge in [-0.3, -0.25) is 9.59 Å². The number of ether oxygens (including phenoxy) is 1. The molecule has 0 amide bonds. The molecule has 1 aliphatic carbocycles. The van der Waals surface area contributed by atoms with Crippen molar-refractivity contribution in [3.05, 3.63) is 48.1 Å². The van der Waals surface area contributed by atoms with Gasteiger partial charge in [0.1, 0.15) is 5.75 Å². The van der Waals surface area contributed by atoms with Crippen LogP contribution in [0.2, 0.25) is 0 Å². The Morgan fingerprint density at radius 1 is 1.06 bits per heavy atom. The smallest absolute Gasteiger partial charge is 0.186 e. The van der Waals surface area contributed by atoms with Gasteiger partial charge in [-0.1, -0.05) is 12.1 Å². The highest BCUT2D eigenvalue weighted by Gasteiger charge is 2.14. The van der Waals surface area contributed by atoms with Crippen molar-refractivity contribution in [2.24, 2.45) is 0 Å². The highest BCUT2D eigenvalue weighted by atomic mass is 16.5. The van der Waals surface area contributed by atoms with Crippen LogP contribution in [-0.2, 0) is 9.59 Å². The molecule has 2 rings (SSSR count). The molecule has 0 heterocycles. The molecule has 86 valence electrons. The van der Waals surface area contributed by atoms with Crippen molar-refractivity contribution in [1.29, 1.82) is 0 Å². The minimum absolute atomic E-state index is 0.145. The molecule has 0 aromatic heterocycles. The Morgan fingerprint density at radius 3 is 2.41 bits per heavy atom. The van der Waals surface area contributed by atoms with Crippen molar-refractivity contribution in [3.63, 3.8) is 0 Å². The molecule has 0 bridgehead atoms. The summed E-state index contributed by atoms with van der Waals surface area (Å²) in [5.74, 6) is 0.448. The summed E-state index contributed by atoms with van der Waals surface area (Å²) in [4.78, 5) is 22.8. The molecular formula is C14H12O3. The highest BCUT2D eigenvalue weighted by molar-refractivity contribution is 6.33. The van der Waals surface area contributed by atoms with Crippen LogP contribution in [0.3, 0.4) is 0 Å². The summed E-state index contributed by atoms with van der Waals surface area (Å²) in [5, 5.41) is 0. The molecule has 0 unspecified atom stereocenters. The molecule has 17 heavy (non-hydrogen) atoms. The third-order valence-corrected chi connectivity index (χ3v) is 2.43. The van der Waals surface area contributed by atoms with Gasteiger partial charge in [-0.15, -0.1) is 0 Å². The summed E-state index contributed by atoms with van der Waals surface area (Å²) >= 11 is 0. The average molecular weight is 228 g/mol. The van der Waals surface area contributed by atoms with Crippen LogP contribution in [0.15, 0.2) is 42.5 Å². The molecule has 0 aliphatic heterocycles. The Hall–Kier alpha value is -2.16. The van der Waals surface area contributed by atoms with Crippen LogP contribution in [-0.4, -0.2) is 18.2 Å². The van der Waals surface area contributed by atoms with Crippen LogP contribution in [0.5, 0.6) is 5.75 Å². The second-order valence-electron chi connectivity index (χ2n) is 3.62. The van der Waals surface area contributed by atoms with Crippen molar-refractivity contribution in [3.8, 4) is 5.75 Å². The predicted octanol–water partition coefficient (Wildman–Crippen LogP) is 2.18. The molecule has 0 N–H and O–H groups in total. The molecule has 1 aromatic rings. The van der Waals surface area contributed by atoms with Crippen molar-refractivity contribution in [2.75, 3.05) is 6.61 Å². The van der Waals surface area contributed by atoms with Crippen molar-refractivity contribution in [2.45, 2.75) is 6.92 Å². The third-order valence-electron chi connectivity index (χ3n) is 2.43. The Morgan fingerprint density at radius 2 is 1.76 bits per heavy atom. The van der Waals surface area contributed by atoms with Gasteiger partial charge in [-0.25, -0.2) is 0 Å². The fourth-order valence-electron chi connectivity index (χ4n) is 1.63. The number of hydrogen-bond donors (Lipinski definition) is 0. The van der Waals surface area contributed by atoms with Gasteiger partial charge >= 0.3 is 0 Å². The first-order chi connectivity index (χ1) is 8.20. The number of rotatable bonds is 3. The standard InChI is InChI=1S/C14H12O3/c1-2-17-12-6-3-10(4-7-12)13-9-11(15)5-8-14(13)16/h3-9H,2H2,1H3. The fourth-order valence-corrected chi connectivity index (χ4v) is 1.63. The number of carbonyl (C=O) groups excluding carboxylic acids is 2. The summed E-state index contributed by atoms with van der Waals surface area (Å²) in [7, 11) is 0. The maximum atomic E-state index is 11.6. The third kappa shape index (κ3) is 2.50. The quantitative estimate of drug-likeness (QED) is 0.745. The van der Waals surface area contributed by atoms with Gasteiger partial charge in [0.2, 0.25) is 0 Å². The largest absolute Gasteiger partial charge is 0.494 e. The van der Waals surface area contributed by atoms with Crippen molar-refractivity contribution >= 4 is 17.1 Å². The minimum Gasteiger partial charge on any atom is -0.494 e. The second kappa shape index (κ2) is 4.78. The van der Waals surface area contributed by atoms with E-state index in [0.717, 1.165) is 11.3 Å². The zero-order chi connectivity index (χ0) is 12.3. The van der Waals surface area contributed by atoms with E-state index in [1.807, 2.05) is 6.92 Å². The summed E-state index contributed by atoms with van der Waals surface area (Å²) in [6.45, 7) is 2.51. The molecule has 0 atom stereocenters. The summed E-state index contributed by atoms with van der Waals surface area (Å²) < 4.78 is 5.31. The predicted molar refractivity (Wildman–Crippen MR) is 64.7 cm³/mol. The molecule has 3 heteroatoms. The Labute approximate surface area is 99.4 Å². The minimum atomic E-state index is -0.159. The first kappa shape index (κ1) is 11.3. The number of hydrogen-bond acceptors (Lipinski definition) is 3. The highest BCUT2D eigenvalue weighted by Crippen LogP contribution is 2.21. The van der Waals surface area contributed by atoms with E-state index in [1.165, 1.54) is 18.2 Å². The van der Waals surface area contributed by atoms with E-state index in [-0.39, 0.29) is 11.6 Å². The topological polar surface area (TPSA) is 43.4 Å². The zero-order valence-corrected chi connectivity index (χ0v) is 9.47. The number of carbonyl (C=O) groups is 2. The maximum Gasteiger partial charge on any atom is 0.186 e. The van der Waals surface area contributed by atoms with Gasteiger partial charge in [-0.05, 0) is 42.8 Å². The summed E-state index contributed by atoms with van der Waals surface area (Å²) in [6, 6.07) is 7.13. The molecule has 0 saturated carbocycles. The van der Waals surface area contributed by atoms with Gasteiger partial charge in [0.15, 0.2) is 11.6 Å². The number of ketones is 2. The Bertz CT molecular complexity index is 507. The van der Waals surface area contributed by atoms with Crippen LogP contribution in [0.25, 0.3) is 5.57 Å². The molecule has 3 nitrogen and oxygen atoms in total. The molecule has 0 radical (unpaired) electrons. The van der Waals surface area contributed by atoms with Crippen LogP contribution < -0.4 is 4.74 Å². The molecule has 0 fully saturated rings. The first-order valence-electron chi connectivity index (χ1n) is 5.42. The van der Waals surface area contributed by atoms with E-state index in [9.17, 15) is 9.59 Å². The molecule has 1 aliphatic rings. The maximum absolute atomic E-state index is 11.6. The van der Waals surface area contributed by atoms with E-state index >= 15 is 0 Å². The Kier molecular flexibility index (Phi) is 3.19. The van der Waals surface area contributed by atoms with Gasteiger partial charge in [0.05, 0.1) is 6.61 Å². The lowest BCUT2D eigenvalue weighted by Gasteiger charge is -2.08. The lowest BCUT2D eigenvalue weighted by Crippen LogP contribution is -2.06. The van der Waals surface area contributed by atoms with Crippen LogP contribution >= 0.6 is 0 Å². The summed E-state index contributed by atoms with van der Waals surface area (Å²) in [5.41, 5.74) is 1.16.